The Bertz CT molecular complexity index is 717. The maximum Gasteiger partial charge on any atom is 0.328 e. The van der Waals surface area contributed by atoms with Crippen molar-refractivity contribution in [2.45, 2.75) is 64.2 Å². The van der Waals surface area contributed by atoms with Crippen LogP contribution >= 0.6 is 0 Å². The van der Waals surface area contributed by atoms with Crippen molar-refractivity contribution in [1.82, 2.24) is 0 Å². The van der Waals surface area contributed by atoms with Crippen molar-refractivity contribution >= 4 is 11.5 Å². The van der Waals surface area contributed by atoms with Gasteiger partial charge in [-0.2, -0.15) is 0 Å². The average Bonchev–Trinajstić information content (AvgIpc) is 2.91. The molecule has 0 atom stereocenters. The van der Waals surface area contributed by atoms with Gasteiger partial charge >= 0.3 is 5.97 Å². The first kappa shape index (κ1) is 16.0. The number of allylic oxidation sites excluding steroid dienone is 3. The number of aliphatic carboxylic acids is 1. The molecule has 3 rings (SSSR count). The highest BCUT2D eigenvalue weighted by Gasteiger charge is 2.37. The Kier molecular flexibility index (Phi) is 3.74. The Balaban J connectivity index is 2.09. The minimum atomic E-state index is -0.854. The molecule has 2 aliphatic rings. The Morgan fingerprint density at radius 2 is 1.74 bits per heavy atom. The van der Waals surface area contributed by atoms with E-state index in [4.69, 9.17) is 5.11 Å². The molecule has 0 bridgehead atoms. The molecule has 1 N–H and O–H groups in total. The molecule has 2 aliphatic carbocycles. The van der Waals surface area contributed by atoms with E-state index in [1.54, 1.807) is 0 Å². The molecular weight excluding hydrogens is 284 g/mol. The Morgan fingerprint density at radius 1 is 1.09 bits per heavy atom. The van der Waals surface area contributed by atoms with E-state index in [0.29, 0.717) is 0 Å². The van der Waals surface area contributed by atoms with E-state index in [-0.39, 0.29) is 10.8 Å². The molecule has 0 radical (unpaired) electrons. The smallest absolute Gasteiger partial charge is 0.328 e. The van der Waals surface area contributed by atoms with Crippen molar-refractivity contribution < 1.29 is 9.90 Å². The van der Waals surface area contributed by atoms with Crippen LogP contribution in [-0.4, -0.2) is 11.1 Å². The molecule has 0 fully saturated rings. The average molecular weight is 310 g/mol. The molecule has 0 aromatic heterocycles. The molecule has 2 heteroatoms. The van der Waals surface area contributed by atoms with E-state index in [9.17, 15) is 4.79 Å². The number of carbonyl (C=O) groups is 1. The summed E-state index contributed by atoms with van der Waals surface area (Å²) in [6.07, 6.45) is 7.70. The fourth-order valence-corrected chi connectivity index (χ4v) is 4.00. The Morgan fingerprint density at radius 3 is 2.39 bits per heavy atom. The first-order valence-corrected chi connectivity index (χ1v) is 8.50. The number of hydrogen-bond acceptors (Lipinski definition) is 1. The van der Waals surface area contributed by atoms with Gasteiger partial charge in [-0.1, -0.05) is 52.0 Å². The minimum absolute atomic E-state index is 0.177. The monoisotopic (exact) mass is 310 g/mol. The van der Waals surface area contributed by atoms with Crippen LogP contribution in [0.25, 0.3) is 5.57 Å². The van der Waals surface area contributed by atoms with Crippen LogP contribution in [0.3, 0.4) is 0 Å². The summed E-state index contributed by atoms with van der Waals surface area (Å²) in [6.45, 7) is 9.29. The standard InChI is InChI=1S/C21H26O2/c1-20(2)10-11-21(3,4)18-12-15(8-9-17(18)20)16-7-5-6-14(16)13-19(22)23/h7-9,12-13H,5-6,10-11H2,1-4H3,(H,22,23). The zero-order chi connectivity index (χ0) is 16.8. The van der Waals surface area contributed by atoms with Crippen LogP contribution < -0.4 is 0 Å². The van der Waals surface area contributed by atoms with E-state index in [1.165, 1.54) is 35.6 Å². The van der Waals surface area contributed by atoms with E-state index in [1.807, 2.05) is 0 Å². The topological polar surface area (TPSA) is 37.3 Å². The maximum atomic E-state index is 11.0. The minimum Gasteiger partial charge on any atom is -0.478 e. The van der Waals surface area contributed by atoms with Crippen LogP contribution in [0.5, 0.6) is 0 Å². The second-order valence-electron chi connectivity index (χ2n) is 8.19. The predicted molar refractivity (Wildman–Crippen MR) is 94.7 cm³/mol. The first-order chi connectivity index (χ1) is 10.7. The first-order valence-electron chi connectivity index (χ1n) is 8.50. The quantitative estimate of drug-likeness (QED) is 0.760. The molecule has 0 heterocycles. The summed E-state index contributed by atoms with van der Waals surface area (Å²) >= 11 is 0. The third-order valence-corrected chi connectivity index (χ3v) is 5.57. The molecular formula is C21H26O2. The number of fused-ring (bicyclic) bond motifs is 1. The number of benzene rings is 1. The van der Waals surface area contributed by atoms with Crippen LogP contribution in [0.15, 0.2) is 35.9 Å². The van der Waals surface area contributed by atoms with E-state index >= 15 is 0 Å². The van der Waals surface area contributed by atoms with Gasteiger partial charge < -0.3 is 5.11 Å². The lowest BCUT2D eigenvalue weighted by Crippen LogP contribution is -2.33. The Labute approximate surface area is 138 Å². The van der Waals surface area contributed by atoms with Crippen LogP contribution in [0.2, 0.25) is 0 Å². The van der Waals surface area contributed by atoms with Crippen molar-refractivity contribution in [1.29, 1.82) is 0 Å². The van der Waals surface area contributed by atoms with Gasteiger partial charge in [-0.3, -0.25) is 0 Å². The third kappa shape index (κ3) is 2.87. The van der Waals surface area contributed by atoms with E-state index in [0.717, 1.165) is 24.0 Å². The highest BCUT2D eigenvalue weighted by atomic mass is 16.4. The maximum absolute atomic E-state index is 11.0. The van der Waals surface area contributed by atoms with Gasteiger partial charge in [-0.15, -0.1) is 0 Å². The lowest BCUT2D eigenvalue weighted by atomic mass is 9.63. The molecule has 2 nitrogen and oxygen atoms in total. The molecule has 0 saturated heterocycles. The fraction of sp³-hybridized carbons (Fsp3) is 0.476. The summed E-state index contributed by atoms with van der Waals surface area (Å²) in [5.41, 5.74) is 6.48. The molecule has 1 aromatic carbocycles. The van der Waals surface area contributed by atoms with Crippen LogP contribution in [0.1, 0.15) is 70.1 Å². The van der Waals surface area contributed by atoms with Gasteiger partial charge in [-0.25, -0.2) is 4.79 Å². The van der Waals surface area contributed by atoms with Crippen molar-refractivity contribution in [3.8, 4) is 0 Å². The SMILES string of the molecule is CC1(C)CCC(C)(C)c2cc(C3=CCCC3=CC(=O)O)ccc21. The molecule has 0 amide bonds. The van der Waals surface area contributed by atoms with Crippen molar-refractivity contribution in [2.24, 2.45) is 0 Å². The second kappa shape index (κ2) is 5.36. The normalized spacial score (nSPS) is 23.5. The summed E-state index contributed by atoms with van der Waals surface area (Å²) in [5, 5.41) is 9.08. The highest BCUT2D eigenvalue weighted by Crippen LogP contribution is 2.47. The van der Waals surface area contributed by atoms with Crippen molar-refractivity contribution in [2.75, 3.05) is 0 Å². The van der Waals surface area contributed by atoms with E-state index in [2.05, 4.69) is 52.0 Å². The molecule has 0 spiro atoms. The zero-order valence-corrected chi connectivity index (χ0v) is 14.6. The third-order valence-electron chi connectivity index (χ3n) is 5.57. The van der Waals surface area contributed by atoms with Gasteiger partial charge in [0, 0.05) is 6.08 Å². The van der Waals surface area contributed by atoms with Gasteiger partial charge in [0.2, 0.25) is 0 Å². The molecule has 1 aromatic rings. The zero-order valence-electron chi connectivity index (χ0n) is 14.6. The molecule has 122 valence electrons. The summed E-state index contributed by atoms with van der Waals surface area (Å²) < 4.78 is 0. The number of rotatable bonds is 2. The van der Waals surface area contributed by atoms with Crippen LogP contribution in [0, 0.1) is 0 Å². The van der Waals surface area contributed by atoms with Gasteiger partial charge in [-0.05, 0) is 64.3 Å². The summed E-state index contributed by atoms with van der Waals surface area (Å²) in [7, 11) is 0. The van der Waals surface area contributed by atoms with Crippen LogP contribution in [0.4, 0.5) is 0 Å². The second-order valence-corrected chi connectivity index (χ2v) is 8.19. The van der Waals surface area contributed by atoms with Crippen molar-refractivity contribution in [3.05, 3.63) is 52.6 Å². The number of carboxylic acid groups (broad SMARTS) is 1. The molecule has 0 saturated carbocycles. The Hall–Kier alpha value is -1.83. The summed E-state index contributed by atoms with van der Waals surface area (Å²) in [5.74, 6) is -0.854. The van der Waals surface area contributed by atoms with Crippen LogP contribution in [-0.2, 0) is 15.6 Å². The lowest BCUT2D eigenvalue weighted by molar-refractivity contribution is -0.131. The lowest BCUT2D eigenvalue weighted by Gasteiger charge is -2.42. The molecule has 0 aliphatic heterocycles. The van der Waals surface area contributed by atoms with Crippen molar-refractivity contribution in [3.63, 3.8) is 0 Å². The number of carboxylic acids is 1. The summed E-state index contributed by atoms with van der Waals surface area (Å²) in [4.78, 5) is 11.0. The fourth-order valence-electron chi connectivity index (χ4n) is 4.00. The van der Waals surface area contributed by atoms with Gasteiger partial charge in [0.1, 0.15) is 0 Å². The van der Waals surface area contributed by atoms with Gasteiger partial charge in [0.05, 0.1) is 0 Å². The number of hydrogen-bond donors (Lipinski definition) is 1. The molecule has 23 heavy (non-hydrogen) atoms. The molecule has 0 unspecified atom stereocenters. The van der Waals surface area contributed by atoms with Gasteiger partial charge in [0.15, 0.2) is 0 Å². The summed E-state index contributed by atoms with van der Waals surface area (Å²) in [6, 6.07) is 6.75. The highest BCUT2D eigenvalue weighted by molar-refractivity contribution is 5.90. The van der Waals surface area contributed by atoms with Gasteiger partial charge in [0.25, 0.3) is 0 Å². The van der Waals surface area contributed by atoms with E-state index < -0.39 is 5.97 Å². The largest absolute Gasteiger partial charge is 0.478 e. The predicted octanol–water partition coefficient (Wildman–Crippen LogP) is 5.22.